The van der Waals surface area contributed by atoms with Crippen molar-refractivity contribution in [2.24, 2.45) is 28.6 Å². The van der Waals surface area contributed by atoms with Gasteiger partial charge in [-0.05, 0) is 94.1 Å². The lowest BCUT2D eigenvalue weighted by molar-refractivity contribution is -0.128. The van der Waals surface area contributed by atoms with Gasteiger partial charge in [-0.25, -0.2) is 0 Å². The Morgan fingerprint density at radius 3 is 2.14 bits per heavy atom. The number of piperazine rings is 1. The fraction of sp³-hybridized carbons (Fsp3) is 0.684. The Balaban J connectivity index is 0.000000734. The Hall–Kier alpha value is -3.09. The number of ketones is 2. The summed E-state index contributed by atoms with van der Waals surface area (Å²) in [6.07, 6.45) is 19.2. The van der Waals surface area contributed by atoms with E-state index in [-0.39, 0.29) is 22.5 Å². The molecule has 4 aliphatic carbocycles. The molecule has 3 saturated heterocycles. The minimum absolute atomic E-state index is 0.0394. The Bertz CT molecular complexity index is 1650. The third kappa shape index (κ3) is 7.04. The summed E-state index contributed by atoms with van der Waals surface area (Å²) in [5.74, 6) is 4.82. The van der Waals surface area contributed by atoms with E-state index < -0.39 is 10.1 Å². The van der Waals surface area contributed by atoms with Crippen LogP contribution in [0, 0.1) is 28.6 Å². The van der Waals surface area contributed by atoms with Crippen molar-refractivity contribution in [1.29, 1.82) is 0 Å². The molecule has 0 bridgehead atoms. The minimum atomic E-state index is -3.67. The highest BCUT2D eigenvalue weighted by Crippen LogP contribution is 2.64. The molecule has 12 heteroatoms. The fourth-order valence-electron chi connectivity index (χ4n) is 10.3. The molecular formula is C38H54N6O5S. The van der Waals surface area contributed by atoms with Crippen LogP contribution in [0.5, 0.6) is 0 Å². The lowest BCUT2D eigenvalue weighted by Crippen LogP contribution is -2.50. The standard InChI is InChI=1S/C37H50N6O2.CH4O3S/c1-36-13-11-27(44)23-26(36)7-8-28-29-9-10-31(37(29,2)14-12-30(28)36)32(45)25-40-19-21-42(22-20-40)34-24-33(41-15-3-4-16-41)38-35(39-34)43-17-5-6-18-43;1-5(2,3)4/h11-13,23-24,28-29,31H,3-10,14-22,25H2,1-2H3;1H3,(H,2,3,4)/t28-,29-,31+,36-,37-;/m0./s1. The van der Waals surface area contributed by atoms with Crippen LogP contribution in [0.2, 0.25) is 0 Å². The third-order valence-electron chi connectivity index (χ3n) is 12.9. The van der Waals surface area contributed by atoms with Crippen LogP contribution in [0.3, 0.4) is 0 Å². The van der Waals surface area contributed by atoms with Gasteiger partial charge in [-0.15, -0.1) is 0 Å². The molecule has 1 aromatic heterocycles. The molecule has 5 atom stereocenters. The zero-order chi connectivity index (χ0) is 35.3. The monoisotopic (exact) mass is 706 g/mol. The molecule has 3 aliphatic heterocycles. The van der Waals surface area contributed by atoms with Gasteiger partial charge in [0.1, 0.15) is 17.4 Å². The lowest BCUT2D eigenvalue weighted by Gasteiger charge is -2.52. The predicted octanol–water partition coefficient (Wildman–Crippen LogP) is 4.72. The summed E-state index contributed by atoms with van der Waals surface area (Å²) < 4.78 is 25.9. The van der Waals surface area contributed by atoms with Crippen molar-refractivity contribution in [3.05, 3.63) is 41.5 Å². The van der Waals surface area contributed by atoms with Crippen LogP contribution in [0.4, 0.5) is 17.6 Å². The second-order valence-corrected chi connectivity index (χ2v) is 17.6. The summed E-state index contributed by atoms with van der Waals surface area (Å²) in [6.45, 7) is 13.1. The van der Waals surface area contributed by atoms with E-state index in [1.807, 2.05) is 6.08 Å². The lowest BCUT2D eigenvalue weighted by atomic mass is 9.52. The molecule has 50 heavy (non-hydrogen) atoms. The van der Waals surface area contributed by atoms with Gasteiger partial charge in [0.15, 0.2) is 5.78 Å². The van der Waals surface area contributed by atoms with Crippen molar-refractivity contribution in [2.75, 3.05) is 79.9 Å². The van der Waals surface area contributed by atoms with Gasteiger partial charge in [-0.3, -0.25) is 19.0 Å². The van der Waals surface area contributed by atoms with E-state index >= 15 is 0 Å². The van der Waals surface area contributed by atoms with E-state index in [0.29, 0.717) is 30.4 Å². The summed E-state index contributed by atoms with van der Waals surface area (Å²) in [7, 11) is -3.67. The van der Waals surface area contributed by atoms with Gasteiger partial charge in [-0.1, -0.05) is 30.2 Å². The number of carbonyl (C=O) groups is 2. The molecule has 7 aliphatic rings. The van der Waals surface area contributed by atoms with E-state index in [1.54, 1.807) is 6.08 Å². The van der Waals surface area contributed by atoms with E-state index in [0.717, 1.165) is 102 Å². The maximum atomic E-state index is 14.0. The fourth-order valence-corrected chi connectivity index (χ4v) is 10.3. The number of allylic oxidation sites excluding steroid dienone is 6. The Kier molecular flexibility index (Phi) is 9.75. The molecule has 2 saturated carbocycles. The number of rotatable bonds is 6. The van der Waals surface area contributed by atoms with Crippen molar-refractivity contribution in [1.82, 2.24) is 14.9 Å². The third-order valence-corrected chi connectivity index (χ3v) is 12.9. The van der Waals surface area contributed by atoms with E-state index in [9.17, 15) is 18.0 Å². The first-order valence-corrected chi connectivity index (χ1v) is 20.6. The second-order valence-electron chi connectivity index (χ2n) is 16.1. The summed E-state index contributed by atoms with van der Waals surface area (Å²) in [5, 5.41) is 0. The summed E-state index contributed by atoms with van der Waals surface area (Å²) in [4.78, 5) is 45.8. The van der Waals surface area contributed by atoms with Crippen molar-refractivity contribution in [3.8, 4) is 0 Å². The number of Topliss-reactive ketones (excluding diaryl/α,β-unsaturated/α-hetero) is 1. The average molecular weight is 707 g/mol. The number of nitrogens with zero attached hydrogens (tertiary/aromatic N) is 6. The summed E-state index contributed by atoms with van der Waals surface area (Å²) >= 11 is 0. The zero-order valence-corrected chi connectivity index (χ0v) is 30.8. The molecular weight excluding hydrogens is 653 g/mol. The van der Waals surface area contributed by atoms with Crippen LogP contribution in [-0.2, 0) is 19.7 Å². The molecule has 272 valence electrons. The topological polar surface area (TPSA) is 127 Å². The highest BCUT2D eigenvalue weighted by Gasteiger charge is 2.57. The Labute approximate surface area is 297 Å². The number of anilines is 3. The van der Waals surface area contributed by atoms with Gasteiger partial charge in [-0.2, -0.15) is 18.4 Å². The van der Waals surface area contributed by atoms with E-state index in [2.05, 4.69) is 51.7 Å². The number of hydrogen-bond donors (Lipinski definition) is 1. The molecule has 0 radical (unpaired) electrons. The van der Waals surface area contributed by atoms with Crippen molar-refractivity contribution < 1.29 is 22.6 Å². The largest absolute Gasteiger partial charge is 0.356 e. The van der Waals surface area contributed by atoms with Crippen LogP contribution in [0.15, 0.2) is 41.5 Å². The Morgan fingerprint density at radius 2 is 1.50 bits per heavy atom. The highest BCUT2D eigenvalue weighted by molar-refractivity contribution is 7.85. The maximum absolute atomic E-state index is 14.0. The first-order chi connectivity index (χ1) is 23.8. The molecule has 5 fully saturated rings. The number of aromatic nitrogens is 2. The molecule has 11 nitrogen and oxygen atoms in total. The highest BCUT2D eigenvalue weighted by atomic mass is 32.2. The normalized spacial score (nSPS) is 32.5. The number of hydrogen-bond acceptors (Lipinski definition) is 10. The second kappa shape index (κ2) is 13.8. The maximum Gasteiger partial charge on any atom is 0.261 e. The van der Waals surface area contributed by atoms with Crippen LogP contribution >= 0.6 is 0 Å². The summed E-state index contributed by atoms with van der Waals surface area (Å²) in [5.41, 5.74) is 2.72. The minimum Gasteiger partial charge on any atom is -0.356 e. The van der Waals surface area contributed by atoms with E-state index in [4.69, 9.17) is 14.5 Å². The molecule has 1 aromatic rings. The first-order valence-electron chi connectivity index (χ1n) is 18.8. The predicted molar refractivity (Wildman–Crippen MR) is 196 cm³/mol. The molecule has 0 spiro atoms. The van der Waals surface area contributed by atoms with Gasteiger partial charge in [0, 0.05) is 69.8 Å². The van der Waals surface area contributed by atoms with Gasteiger partial charge >= 0.3 is 0 Å². The smallest absolute Gasteiger partial charge is 0.261 e. The van der Waals surface area contributed by atoms with Gasteiger partial charge in [0.2, 0.25) is 5.95 Å². The average Bonchev–Trinajstić information content (AvgIpc) is 3.86. The molecule has 1 N–H and O–H groups in total. The first kappa shape index (κ1) is 35.3. The van der Waals surface area contributed by atoms with Crippen molar-refractivity contribution in [2.45, 2.75) is 71.6 Å². The molecule has 0 amide bonds. The number of fused-ring (bicyclic) bond motifs is 5. The van der Waals surface area contributed by atoms with Crippen LogP contribution < -0.4 is 14.7 Å². The molecule has 8 rings (SSSR count). The summed E-state index contributed by atoms with van der Waals surface area (Å²) in [6, 6.07) is 2.21. The SMILES string of the molecule is CS(=O)(=O)O.C[C@]12C=CC(=O)C=C1CC[C@@H]1C2=CC[C@]2(C)[C@@H](C(=O)CN3CCN(c4cc(N5CCCC5)nc(N5CCCC5)n4)CC3)CC[C@@H]12. The van der Waals surface area contributed by atoms with E-state index in [1.165, 1.54) is 36.8 Å². The molecule has 0 unspecified atom stereocenters. The Morgan fingerprint density at radius 1 is 0.900 bits per heavy atom. The van der Waals surface area contributed by atoms with Crippen molar-refractivity contribution in [3.63, 3.8) is 0 Å². The zero-order valence-electron chi connectivity index (χ0n) is 30.0. The molecule has 4 heterocycles. The van der Waals surface area contributed by atoms with Crippen LogP contribution in [0.1, 0.15) is 71.6 Å². The van der Waals surface area contributed by atoms with Gasteiger partial charge < -0.3 is 14.7 Å². The number of carbonyl (C=O) groups excluding carboxylic acids is 2. The van der Waals surface area contributed by atoms with Crippen LogP contribution in [-0.4, -0.2) is 105 Å². The van der Waals surface area contributed by atoms with Crippen LogP contribution in [0.25, 0.3) is 0 Å². The van der Waals surface area contributed by atoms with Gasteiger partial charge in [0.05, 0.1) is 12.8 Å². The molecule has 0 aromatic carbocycles. The van der Waals surface area contributed by atoms with Gasteiger partial charge in [0.25, 0.3) is 10.1 Å². The quantitative estimate of drug-likeness (QED) is 0.326. The van der Waals surface area contributed by atoms with Crippen molar-refractivity contribution >= 4 is 39.3 Å².